The van der Waals surface area contributed by atoms with Gasteiger partial charge in [0.15, 0.2) is 11.6 Å². The topological polar surface area (TPSA) is 64.4 Å². The van der Waals surface area contributed by atoms with Gasteiger partial charge in [0.1, 0.15) is 11.4 Å². The summed E-state index contributed by atoms with van der Waals surface area (Å²) in [5.74, 6) is -2.56. The number of aryl methyl sites for hydroxylation is 1. The molecule has 0 fully saturated rings. The smallest absolute Gasteiger partial charge is 0.305 e. The SMILES string of the molecule is COC(C)(C)c1nc2cc(F)c(F)cc2n1CCC(=O)O. The summed E-state index contributed by atoms with van der Waals surface area (Å²) in [7, 11) is 1.49. The van der Waals surface area contributed by atoms with Crippen molar-refractivity contribution in [1.82, 2.24) is 9.55 Å². The molecule has 0 aliphatic carbocycles. The second-order valence-electron chi connectivity index (χ2n) is 5.20. The predicted octanol–water partition coefficient (Wildman–Crippen LogP) is 2.67. The number of aromatic nitrogens is 2. The van der Waals surface area contributed by atoms with Crippen LogP contribution in [0.4, 0.5) is 8.78 Å². The molecule has 1 aromatic heterocycles. The van der Waals surface area contributed by atoms with Crippen molar-refractivity contribution in [3.05, 3.63) is 29.6 Å². The lowest BCUT2D eigenvalue weighted by atomic mass is 10.1. The minimum absolute atomic E-state index is 0.0963. The number of carbonyl (C=O) groups is 1. The van der Waals surface area contributed by atoms with E-state index in [9.17, 15) is 13.6 Å². The maximum atomic E-state index is 13.5. The Balaban J connectivity index is 2.65. The summed E-state index contributed by atoms with van der Waals surface area (Å²) in [5.41, 5.74) is -0.209. The Labute approximate surface area is 120 Å². The highest BCUT2D eigenvalue weighted by atomic mass is 19.2. The van der Waals surface area contributed by atoms with E-state index in [0.29, 0.717) is 11.3 Å². The number of rotatable bonds is 5. The van der Waals surface area contributed by atoms with Gasteiger partial charge in [0.25, 0.3) is 0 Å². The number of carboxylic acid groups (broad SMARTS) is 1. The molecule has 1 aromatic carbocycles. The molecule has 7 heteroatoms. The lowest BCUT2D eigenvalue weighted by molar-refractivity contribution is -0.137. The van der Waals surface area contributed by atoms with Crippen LogP contribution in [-0.4, -0.2) is 27.7 Å². The summed E-state index contributed by atoms with van der Waals surface area (Å²) in [5, 5.41) is 8.83. The van der Waals surface area contributed by atoms with E-state index in [1.165, 1.54) is 7.11 Å². The summed E-state index contributed by atoms with van der Waals surface area (Å²) in [6.07, 6.45) is -0.156. The minimum Gasteiger partial charge on any atom is -0.481 e. The summed E-state index contributed by atoms with van der Waals surface area (Å²) >= 11 is 0. The molecular formula is C14H16F2N2O3. The van der Waals surface area contributed by atoms with Crippen molar-refractivity contribution in [2.75, 3.05) is 7.11 Å². The van der Waals surface area contributed by atoms with Gasteiger partial charge in [0.2, 0.25) is 0 Å². The van der Waals surface area contributed by atoms with Gasteiger partial charge >= 0.3 is 5.97 Å². The van der Waals surface area contributed by atoms with Crippen LogP contribution < -0.4 is 0 Å². The fourth-order valence-electron chi connectivity index (χ4n) is 2.10. The summed E-state index contributed by atoms with van der Waals surface area (Å²) < 4.78 is 33.7. The van der Waals surface area contributed by atoms with Gasteiger partial charge in [-0.15, -0.1) is 0 Å². The Morgan fingerprint density at radius 3 is 2.57 bits per heavy atom. The van der Waals surface area contributed by atoms with Gasteiger partial charge in [-0.05, 0) is 13.8 Å². The van der Waals surface area contributed by atoms with E-state index in [-0.39, 0.29) is 18.5 Å². The molecular weight excluding hydrogens is 282 g/mol. The van der Waals surface area contributed by atoms with E-state index < -0.39 is 23.2 Å². The molecule has 0 spiro atoms. The second-order valence-corrected chi connectivity index (χ2v) is 5.20. The van der Waals surface area contributed by atoms with Crippen molar-refractivity contribution in [2.24, 2.45) is 0 Å². The maximum absolute atomic E-state index is 13.5. The van der Waals surface area contributed by atoms with E-state index in [2.05, 4.69) is 4.98 Å². The lowest BCUT2D eigenvalue weighted by Gasteiger charge is -2.23. The number of hydrogen-bond donors (Lipinski definition) is 1. The Morgan fingerprint density at radius 2 is 2.00 bits per heavy atom. The zero-order chi connectivity index (χ0) is 15.8. The number of benzene rings is 1. The van der Waals surface area contributed by atoms with E-state index in [4.69, 9.17) is 9.84 Å². The molecule has 1 N–H and O–H groups in total. The van der Waals surface area contributed by atoms with Gasteiger partial charge in [0.05, 0.1) is 17.5 Å². The molecule has 0 atom stereocenters. The van der Waals surface area contributed by atoms with Crippen molar-refractivity contribution >= 4 is 17.0 Å². The maximum Gasteiger partial charge on any atom is 0.305 e. The standard InChI is InChI=1S/C14H16F2N2O3/c1-14(2,21-3)13-17-10-6-8(15)9(16)7-11(10)18(13)5-4-12(19)20/h6-7H,4-5H2,1-3H3,(H,19,20). The largest absolute Gasteiger partial charge is 0.481 e. The fourth-order valence-corrected chi connectivity index (χ4v) is 2.10. The lowest BCUT2D eigenvalue weighted by Crippen LogP contribution is -2.25. The van der Waals surface area contributed by atoms with Crippen LogP contribution in [0.1, 0.15) is 26.1 Å². The monoisotopic (exact) mass is 298 g/mol. The number of imidazole rings is 1. The number of nitrogens with zero attached hydrogens (tertiary/aromatic N) is 2. The average Bonchev–Trinajstić information content (AvgIpc) is 2.75. The van der Waals surface area contributed by atoms with Crippen LogP contribution >= 0.6 is 0 Å². The first-order valence-corrected chi connectivity index (χ1v) is 6.39. The van der Waals surface area contributed by atoms with E-state index >= 15 is 0 Å². The van der Waals surface area contributed by atoms with Gasteiger partial charge in [0, 0.05) is 25.8 Å². The number of methoxy groups -OCH3 is 1. The Hall–Kier alpha value is -2.02. The number of carboxylic acids is 1. The molecule has 0 bridgehead atoms. The summed E-state index contributed by atoms with van der Waals surface area (Å²) in [6.45, 7) is 3.59. The van der Waals surface area contributed by atoms with Crippen LogP contribution in [0.2, 0.25) is 0 Å². The van der Waals surface area contributed by atoms with Crippen LogP contribution in [0.5, 0.6) is 0 Å². The third-order valence-corrected chi connectivity index (χ3v) is 3.39. The first-order valence-electron chi connectivity index (χ1n) is 6.39. The Morgan fingerprint density at radius 1 is 1.38 bits per heavy atom. The molecule has 2 rings (SSSR count). The van der Waals surface area contributed by atoms with Crippen molar-refractivity contribution in [2.45, 2.75) is 32.4 Å². The van der Waals surface area contributed by atoms with Crippen LogP contribution in [0.25, 0.3) is 11.0 Å². The zero-order valence-electron chi connectivity index (χ0n) is 12.0. The van der Waals surface area contributed by atoms with Gasteiger partial charge in [-0.3, -0.25) is 4.79 Å². The van der Waals surface area contributed by atoms with Crippen molar-refractivity contribution in [3.63, 3.8) is 0 Å². The molecule has 2 aromatic rings. The first-order chi connectivity index (χ1) is 9.76. The third kappa shape index (κ3) is 2.87. The fraction of sp³-hybridized carbons (Fsp3) is 0.429. The predicted molar refractivity (Wildman–Crippen MR) is 71.9 cm³/mol. The summed E-state index contributed by atoms with van der Waals surface area (Å²) in [6, 6.07) is 2.02. The van der Waals surface area contributed by atoms with E-state index in [0.717, 1.165) is 12.1 Å². The number of halogens is 2. The second kappa shape index (κ2) is 5.40. The van der Waals surface area contributed by atoms with Gasteiger partial charge in [-0.25, -0.2) is 13.8 Å². The summed E-state index contributed by atoms with van der Waals surface area (Å²) in [4.78, 5) is 15.1. The van der Waals surface area contributed by atoms with Gasteiger partial charge < -0.3 is 14.4 Å². The highest BCUT2D eigenvalue weighted by molar-refractivity contribution is 5.77. The number of fused-ring (bicyclic) bond motifs is 1. The molecule has 0 radical (unpaired) electrons. The number of hydrogen-bond acceptors (Lipinski definition) is 3. The molecule has 5 nitrogen and oxygen atoms in total. The molecule has 21 heavy (non-hydrogen) atoms. The molecule has 0 aliphatic rings. The van der Waals surface area contributed by atoms with E-state index in [1.807, 2.05) is 0 Å². The Kier molecular flexibility index (Phi) is 3.95. The van der Waals surface area contributed by atoms with Gasteiger partial charge in [-0.2, -0.15) is 0 Å². The van der Waals surface area contributed by atoms with Crippen molar-refractivity contribution in [1.29, 1.82) is 0 Å². The van der Waals surface area contributed by atoms with Gasteiger partial charge in [-0.1, -0.05) is 0 Å². The van der Waals surface area contributed by atoms with Crippen LogP contribution in [0.15, 0.2) is 12.1 Å². The van der Waals surface area contributed by atoms with Crippen LogP contribution in [-0.2, 0) is 21.7 Å². The molecule has 0 amide bonds. The van der Waals surface area contributed by atoms with Crippen molar-refractivity contribution in [3.8, 4) is 0 Å². The van der Waals surface area contributed by atoms with E-state index in [1.54, 1.807) is 18.4 Å². The first kappa shape index (κ1) is 15.4. The molecule has 0 unspecified atom stereocenters. The third-order valence-electron chi connectivity index (χ3n) is 3.39. The highest BCUT2D eigenvalue weighted by Crippen LogP contribution is 2.28. The van der Waals surface area contributed by atoms with Crippen LogP contribution in [0, 0.1) is 11.6 Å². The average molecular weight is 298 g/mol. The van der Waals surface area contributed by atoms with Crippen molar-refractivity contribution < 1.29 is 23.4 Å². The molecule has 0 saturated carbocycles. The minimum atomic E-state index is -0.999. The zero-order valence-corrected chi connectivity index (χ0v) is 12.0. The highest BCUT2D eigenvalue weighted by Gasteiger charge is 2.28. The number of ether oxygens (including phenoxy) is 1. The normalized spacial score (nSPS) is 12.0. The Bertz CT molecular complexity index is 695. The number of aliphatic carboxylic acids is 1. The molecule has 1 heterocycles. The van der Waals surface area contributed by atoms with Crippen LogP contribution in [0.3, 0.4) is 0 Å². The quantitative estimate of drug-likeness (QED) is 0.921. The molecule has 0 saturated heterocycles. The molecule has 114 valence electrons. The molecule has 0 aliphatic heterocycles.